The van der Waals surface area contributed by atoms with Gasteiger partial charge in [0.25, 0.3) is 0 Å². The molecular formula is C12H18N2O3S. The van der Waals surface area contributed by atoms with E-state index in [0.717, 1.165) is 29.4 Å². The van der Waals surface area contributed by atoms with E-state index in [2.05, 4.69) is 14.6 Å². The smallest absolute Gasteiger partial charge is 0.305 e. The van der Waals surface area contributed by atoms with Crippen LogP contribution in [0, 0.1) is 0 Å². The van der Waals surface area contributed by atoms with Gasteiger partial charge in [-0.3, -0.25) is 4.79 Å². The highest BCUT2D eigenvalue weighted by Crippen LogP contribution is 2.30. The van der Waals surface area contributed by atoms with Crippen molar-refractivity contribution in [2.24, 2.45) is 0 Å². The lowest BCUT2D eigenvalue weighted by Crippen LogP contribution is -2.30. The van der Waals surface area contributed by atoms with E-state index in [4.69, 9.17) is 4.74 Å². The summed E-state index contributed by atoms with van der Waals surface area (Å²) in [6.45, 7) is 0.989. The molecule has 18 heavy (non-hydrogen) atoms. The van der Waals surface area contributed by atoms with Crippen molar-refractivity contribution < 1.29 is 14.3 Å². The first-order chi connectivity index (χ1) is 8.74. The lowest BCUT2D eigenvalue weighted by molar-refractivity contribution is -0.140. The van der Waals surface area contributed by atoms with Gasteiger partial charge in [-0.1, -0.05) is 0 Å². The minimum Gasteiger partial charge on any atom is -0.469 e. The second-order valence-electron chi connectivity index (χ2n) is 4.21. The molecule has 1 aromatic rings. The standard InChI is InChI=1S/C12H18N2O3S/c1-16-10-4-3-7-14(10)12-13-8-9(18-12)5-6-11(15)17-2/h8,10H,3-7H2,1-2H3/t10-/m0/s1. The highest BCUT2D eigenvalue weighted by Gasteiger charge is 2.26. The number of aryl methyl sites for hydroxylation is 1. The molecule has 1 aliphatic heterocycles. The molecule has 0 bridgehead atoms. The van der Waals surface area contributed by atoms with E-state index in [9.17, 15) is 4.79 Å². The Kier molecular flexibility index (Phi) is 4.54. The van der Waals surface area contributed by atoms with Crippen LogP contribution in [0.2, 0.25) is 0 Å². The number of thiazole rings is 1. The third-order valence-electron chi connectivity index (χ3n) is 3.06. The fraction of sp³-hybridized carbons (Fsp3) is 0.667. The summed E-state index contributed by atoms with van der Waals surface area (Å²) in [7, 11) is 3.14. The molecule has 0 spiro atoms. The van der Waals surface area contributed by atoms with E-state index in [1.165, 1.54) is 7.11 Å². The molecule has 100 valence electrons. The predicted molar refractivity (Wildman–Crippen MR) is 69.8 cm³/mol. The number of hydrogen-bond acceptors (Lipinski definition) is 6. The Morgan fingerprint density at radius 3 is 3.17 bits per heavy atom. The van der Waals surface area contributed by atoms with E-state index in [-0.39, 0.29) is 12.2 Å². The number of nitrogens with zero attached hydrogens (tertiary/aromatic N) is 2. The number of methoxy groups -OCH3 is 2. The molecule has 0 unspecified atom stereocenters. The van der Waals surface area contributed by atoms with Gasteiger partial charge >= 0.3 is 5.97 Å². The molecular weight excluding hydrogens is 252 g/mol. The van der Waals surface area contributed by atoms with Crippen molar-refractivity contribution in [3.05, 3.63) is 11.1 Å². The van der Waals surface area contributed by atoms with Crippen LogP contribution in [-0.4, -0.2) is 37.9 Å². The van der Waals surface area contributed by atoms with Crippen molar-refractivity contribution in [1.29, 1.82) is 0 Å². The summed E-state index contributed by atoms with van der Waals surface area (Å²) < 4.78 is 10.0. The number of ether oxygens (including phenoxy) is 2. The first-order valence-electron chi connectivity index (χ1n) is 6.05. The number of hydrogen-bond donors (Lipinski definition) is 0. The molecule has 0 aliphatic carbocycles. The summed E-state index contributed by atoms with van der Waals surface area (Å²) >= 11 is 1.63. The molecule has 5 nitrogen and oxygen atoms in total. The number of anilines is 1. The second kappa shape index (κ2) is 6.15. The average molecular weight is 270 g/mol. The van der Waals surface area contributed by atoms with Crippen molar-refractivity contribution in [1.82, 2.24) is 4.98 Å². The van der Waals surface area contributed by atoms with Crippen molar-refractivity contribution in [3.8, 4) is 0 Å². The summed E-state index contributed by atoms with van der Waals surface area (Å²) in [5.74, 6) is -0.180. The van der Waals surface area contributed by atoms with Crippen molar-refractivity contribution in [2.75, 3.05) is 25.7 Å². The topological polar surface area (TPSA) is 51.7 Å². The zero-order chi connectivity index (χ0) is 13.0. The highest BCUT2D eigenvalue weighted by molar-refractivity contribution is 7.15. The maximum absolute atomic E-state index is 11.1. The van der Waals surface area contributed by atoms with Gasteiger partial charge in [0.2, 0.25) is 0 Å². The molecule has 1 saturated heterocycles. The molecule has 1 aromatic heterocycles. The predicted octanol–water partition coefficient (Wildman–Crippen LogP) is 1.82. The zero-order valence-corrected chi connectivity index (χ0v) is 11.5. The SMILES string of the molecule is COC(=O)CCc1cnc(N2CCC[C@@H]2OC)s1. The van der Waals surface area contributed by atoms with Crippen molar-refractivity contribution in [2.45, 2.75) is 31.9 Å². The minimum atomic E-state index is -0.180. The maximum atomic E-state index is 11.1. The summed E-state index contributed by atoms with van der Waals surface area (Å²) in [5, 5.41) is 0.985. The number of esters is 1. The van der Waals surface area contributed by atoms with Crippen LogP contribution in [0.25, 0.3) is 0 Å². The minimum absolute atomic E-state index is 0.143. The van der Waals surface area contributed by atoms with E-state index in [1.807, 2.05) is 6.20 Å². The van der Waals surface area contributed by atoms with Gasteiger partial charge in [0.15, 0.2) is 5.13 Å². The van der Waals surface area contributed by atoms with Crippen LogP contribution >= 0.6 is 11.3 Å². The summed E-state index contributed by atoms with van der Waals surface area (Å²) in [6.07, 6.45) is 5.27. The van der Waals surface area contributed by atoms with Crippen LogP contribution in [0.1, 0.15) is 24.1 Å². The van der Waals surface area contributed by atoms with Gasteiger partial charge in [-0.05, 0) is 19.3 Å². The van der Waals surface area contributed by atoms with Crippen molar-refractivity contribution in [3.63, 3.8) is 0 Å². The second-order valence-corrected chi connectivity index (χ2v) is 5.30. The molecule has 2 heterocycles. The van der Waals surface area contributed by atoms with Gasteiger partial charge < -0.3 is 14.4 Å². The fourth-order valence-corrected chi connectivity index (χ4v) is 3.05. The fourth-order valence-electron chi connectivity index (χ4n) is 2.07. The Bertz CT molecular complexity index is 408. The molecule has 1 atom stereocenters. The molecule has 0 saturated carbocycles. The van der Waals surface area contributed by atoms with Crippen LogP contribution in [-0.2, 0) is 20.7 Å². The Morgan fingerprint density at radius 2 is 2.44 bits per heavy atom. The zero-order valence-electron chi connectivity index (χ0n) is 10.7. The normalized spacial score (nSPS) is 19.2. The van der Waals surface area contributed by atoms with Crippen LogP contribution in [0.15, 0.2) is 6.20 Å². The molecule has 6 heteroatoms. The molecule has 0 aromatic carbocycles. The van der Waals surface area contributed by atoms with E-state index in [0.29, 0.717) is 12.8 Å². The van der Waals surface area contributed by atoms with Gasteiger partial charge in [0.05, 0.1) is 13.5 Å². The largest absolute Gasteiger partial charge is 0.469 e. The first kappa shape index (κ1) is 13.3. The highest BCUT2D eigenvalue weighted by atomic mass is 32.1. The number of rotatable bonds is 5. The molecule has 1 fully saturated rings. The Balaban J connectivity index is 1.95. The number of aromatic nitrogens is 1. The monoisotopic (exact) mass is 270 g/mol. The van der Waals surface area contributed by atoms with E-state index >= 15 is 0 Å². The van der Waals surface area contributed by atoms with Crippen LogP contribution in [0.4, 0.5) is 5.13 Å². The van der Waals surface area contributed by atoms with Gasteiger partial charge in [-0.15, -0.1) is 11.3 Å². The lowest BCUT2D eigenvalue weighted by atomic mass is 10.3. The molecule has 1 aliphatic rings. The molecule has 0 N–H and O–H groups in total. The average Bonchev–Trinajstić information content (AvgIpc) is 3.03. The lowest BCUT2D eigenvalue weighted by Gasteiger charge is -2.22. The maximum Gasteiger partial charge on any atom is 0.305 e. The van der Waals surface area contributed by atoms with Gasteiger partial charge in [0.1, 0.15) is 6.23 Å². The molecule has 0 radical (unpaired) electrons. The van der Waals surface area contributed by atoms with E-state index < -0.39 is 0 Å². The van der Waals surface area contributed by atoms with Crippen LogP contribution < -0.4 is 4.90 Å². The van der Waals surface area contributed by atoms with Gasteiger partial charge in [-0.25, -0.2) is 4.98 Å². The van der Waals surface area contributed by atoms with E-state index in [1.54, 1.807) is 18.4 Å². The van der Waals surface area contributed by atoms with Gasteiger partial charge in [-0.2, -0.15) is 0 Å². The Morgan fingerprint density at radius 1 is 1.61 bits per heavy atom. The van der Waals surface area contributed by atoms with Crippen molar-refractivity contribution >= 4 is 22.4 Å². The number of carbonyl (C=O) groups is 1. The summed E-state index contributed by atoms with van der Waals surface area (Å²) in [6, 6.07) is 0. The molecule has 2 rings (SSSR count). The Labute approximate surface area is 111 Å². The van der Waals surface area contributed by atoms with Crippen LogP contribution in [0.5, 0.6) is 0 Å². The number of carbonyl (C=O) groups excluding carboxylic acids is 1. The van der Waals surface area contributed by atoms with Crippen LogP contribution in [0.3, 0.4) is 0 Å². The third-order valence-corrected chi connectivity index (χ3v) is 4.15. The summed E-state index contributed by atoms with van der Waals surface area (Å²) in [4.78, 5) is 18.8. The van der Waals surface area contributed by atoms with Gasteiger partial charge in [0, 0.05) is 24.7 Å². The first-order valence-corrected chi connectivity index (χ1v) is 6.87. The third kappa shape index (κ3) is 3.00. The quantitative estimate of drug-likeness (QED) is 0.764. The Hall–Kier alpha value is -1.14. The molecule has 0 amide bonds. The summed E-state index contributed by atoms with van der Waals surface area (Å²) in [5.41, 5.74) is 0.